The van der Waals surface area contributed by atoms with Gasteiger partial charge >= 0.3 is 5.97 Å². The quantitative estimate of drug-likeness (QED) is 0.866. The molecule has 7 nitrogen and oxygen atoms in total. The minimum Gasteiger partial charge on any atom is -0.477 e. The molecular formula is C11H10N2O5S. The van der Waals surface area contributed by atoms with Crippen molar-refractivity contribution in [3.63, 3.8) is 0 Å². The SMILES string of the molecule is Cc1cc(OCC(=O)Nc2ccc(C(=O)O)s2)no1. The molecule has 0 saturated heterocycles. The maximum atomic E-state index is 11.5. The van der Waals surface area contributed by atoms with Crippen LogP contribution in [0.2, 0.25) is 0 Å². The number of rotatable bonds is 5. The Kier molecular flexibility index (Phi) is 3.81. The van der Waals surface area contributed by atoms with E-state index in [9.17, 15) is 9.59 Å². The molecule has 2 heterocycles. The number of aryl methyl sites for hydroxylation is 1. The molecule has 0 unspecified atom stereocenters. The van der Waals surface area contributed by atoms with Crippen LogP contribution in [0.15, 0.2) is 22.7 Å². The summed E-state index contributed by atoms with van der Waals surface area (Å²) in [6.45, 7) is 1.48. The number of aromatic carboxylic acids is 1. The number of carbonyl (C=O) groups excluding carboxylic acids is 1. The van der Waals surface area contributed by atoms with Gasteiger partial charge in [-0.05, 0) is 24.2 Å². The number of ether oxygens (including phenoxy) is 1. The number of carboxylic acids is 1. The van der Waals surface area contributed by atoms with Gasteiger partial charge in [0.15, 0.2) is 6.61 Å². The summed E-state index contributed by atoms with van der Waals surface area (Å²) in [6.07, 6.45) is 0. The van der Waals surface area contributed by atoms with Gasteiger partial charge in [0.25, 0.3) is 11.8 Å². The molecule has 0 bridgehead atoms. The Hall–Kier alpha value is -2.35. The first-order valence-corrected chi connectivity index (χ1v) is 6.05. The molecule has 2 aromatic heterocycles. The highest BCUT2D eigenvalue weighted by Crippen LogP contribution is 2.21. The van der Waals surface area contributed by atoms with Crippen LogP contribution in [0.4, 0.5) is 5.00 Å². The Morgan fingerprint density at radius 3 is 2.89 bits per heavy atom. The topological polar surface area (TPSA) is 102 Å². The van der Waals surface area contributed by atoms with Gasteiger partial charge in [0.1, 0.15) is 10.6 Å². The first kappa shape index (κ1) is 13.1. The third-order valence-corrected chi connectivity index (χ3v) is 3.03. The lowest BCUT2D eigenvalue weighted by Gasteiger charge is -2.02. The van der Waals surface area contributed by atoms with E-state index in [2.05, 4.69) is 10.5 Å². The fraction of sp³-hybridized carbons (Fsp3) is 0.182. The average Bonchev–Trinajstić information content (AvgIpc) is 2.96. The van der Waals surface area contributed by atoms with Crippen molar-refractivity contribution in [3.8, 4) is 5.88 Å². The Morgan fingerprint density at radius 2 is 2.32 bits per heavy atom. The van der Waals surface area contributed by atoms with E-state index >= 15 is 0 Å². The number of nitrogens with zero attached hydrogens (tertiary/aromatic N) is 1. The lowest BCUT2D eigenvalue weighted by molar-refractivity contribution is -0.118. The highest BCUT2D eigenvalue weighted by Gasteiger charge is 2.10. The van der Waals surface area contributed by atoms with Crippen LogP contribution < -0.4 is 10.1 Å². The Bertz CT molecular complexity index is 604. The predicted octanol–water partition coefficient (Wildman–Crippen LogP) is 1.76. The van der Waals surface area contributed by atoms with Gasteiger partial charge in [-0.3, -0.25) is 4.79 Å². The van der Waals surface area contributed by atoms with Crippen LogP contribution in [0.5, 0.6) is 5.88 Å². The molecule has 0 spiro atoms. The standard InChI is InChI=1S/C11H10N2O5S/c1-6-4-9(13-18-6)17-5-8(14)12-10-3-2-7(19-10)11(15)16/h2-4H,5H2,1H3,(H,12,14)(H,15,16). The summed E-state index contributed by atoms with van der Waals surface area (Å²) in [6, 6.07) is 4.50. The molecule has 0 aromatic carbocycles. The first-order valence-electron chi connectivity index (χ1n) is 5.23. The fourth-order valence-corrected chi connectivity index (χ4v) is 2.01. The van der Waals surface area contributed by atoms with Gasteiger partial charge in [-0.15, -0.1) is 11.3 Å². The fourth-order valence-electron chi connectivity index (χ4n) is 1.24. The van der Waals surface area contributed by atoms with Crippen molar-refractivity contribution in [1.82, 2.24) is 5.16 Å². The number of hydrogen-bond acceptors (Lipinski definition) is 6. The number of thiophene rings is 1. The van der Waals surface area contributed by atoms with Crippen LogP contribution in [-0.2, 0) is 4.79 Å². The number of anilines is 1. The van der Waals surface area contributed by atoms with E-state index in [-0.39, 0.29) is 17.4 Å². The summed E-state index contributed by atoms with van der Waals surface area (Å²) < 4.78 is 9.86. The van der Waals surface area contributed by atoms with E-state index in [1.165, 1.54) is 12.1 Å². The second-order valence-electron chi connectivity index (χ2n) is 3.58. The molecule has 0 aliphatic carbocycles. The molecule has 0 fully saturated rings. The van der Waals surface area contributed by atoms with Gasteiger partial charge in [-0.1, -0.05) is 0 Å². The summed E-state index contributed by atoms with van der Waals surface area (Å²) in [5, 5.41) is 15.3. The van der Waals surface area contributed by atoms with E-state index in [1.807, 2.05) is 0 Å². The van der Waals surface area contributed by atoms with E-state index in [0.29, 0.717) is 10.8 Å². The smallest absolute Gasteiger partial charge is 0.345 e. The monoisotopic (exact) mass is 282 g/mol. The highest BCUT2D eigenvalue weighted by molar-refractivity contribution is 7.18. The van der Waals surface area contributed by atoms with Crippen LogP contribution in [0.3, 0.4) is 0 Å². The van der Waals surface area contributed by atoms with Crippen molar-refractivity contribution in [2.24, 2.45) is 0 Å². The van der Waals surface area contributed by atoms with E-state index < -0.39 is 11.9 Å². The van der Waals surface area contributed by atoms with Gasteiger partial charge in [0.05, 0.1) is 5.00 Å². The number of hydrogen-bond donors (Lipinski definition) is 2. The van der Waals surface area contributed by atoms with Crippen molar-refractivity contribution in [1.29, 1.82) is 0 Å². The van der Waals surface area contributed by atoms with Gasteiger partial charge in [-0.2, -0.15) is 0 Å². The number of aromatic nitrogens is 1. The van der Waals surface area contributed by atoms with Crippen LogP contribution in [-0.4, -0.2) is 28.7 Å². The summed E-state index contributed by atoms with van der Waals surface area (Å²) in [5.41, 5.74) is 0. The summed E-state index contributed by atoms with van der Waals surface area (Å²) in [4.78, 5) is 22.4. The normalized spacial score (nSPS) is 10.2. The lowest BCUT2D eigenvalue weighted by atomic mass is 10.5. The van der Waals surface area contributed by atoms with E-state index in [4.69, 9.17) is 14.4 Å². The third kappa shape index (κ3) is 3.55. The number of carbonyl (C=O) groups is 2. The maximum absolute atomic E-state index is 11.5. The van der Waals surface area contributed by atoms with Gasteiger partial charge in [0.2, 0.25) is 0 Å². The van der Waals surface area contributed by atoms with Crippen LogP contribution >= 0.6 is 11.3 Å². The van der Waals surface area contributed by atoms with Crippen LogP contribution in [0.1, 0.15) is 15.4 Å². The molecule has 2 N–H and O–H groups in total. The predicted molar refractivity (Wildman–Crippen MR) is 66.6 cm³/mol. The van der Waals surface area contributed by atoms with E-state index in [0.717, 1.165) is 11.3 Å². The molecule has 0 atom stereocenters. The Labute approximate surface area is 111 Å². The van der Waals surface area contributed by atoms with Crippen molar-refractivity contribution in [2.45, 2.75) is 6.92 Å². The summed E-state index contributed by atoms with van der Waals surface area (Å²) in [5.74, 6) is -0.621. The molecule has 2 rings (SSSR count). The van der Waals surface area contributed by atoms with Crippen LogP contribution in [0.25, 0.3) is 0 Å². The van der Waals surface area contributed by atoms with Crippen LogP contribution in [0, 0.1) is 6.92 Å². The molecule has 1 amide bonds. The molecule has 0 radical (unpaired) electrons. The molecule has 2 aromatic rings. The summed E-state index contributed by atoms with van der Waals surface area (Å²) in [7, 11) is 0. The van der Waals surface area contributed by atoms with Crippen molar-refractivity contribution in [3.05, 3.63) is 28.8 Å². The molecular weight excluding hydrogens is 272 g/mol. The molecule has 19 heavy (non-hydrogen) atoms. The zero-order valence-electron chi connectivity index (χ0n) is 9.87. The minimum absolute atomic E-state index is 0.156. The second kappa shape index (κ2) is 5.53. The van der Waals surface area contributed by atoms with Crippen molar-refractivity contribution < 1.29 is 24.0 Å². The Balaban J connectivity index is 1.85. The lowest BCUT2D eigenvalue weighted by Crippen LogP contribution is -2.19. The maximum Gasteiger partial charge on any atom is 0.345 e. The molecule has 100 valence electrons. The zero-order chi connectivity index (χ0) is 13.8. The number of nitrogens with one attached hydrogen (secondary N) is 1. The van der Waals surface area contributed by atoms with Crippen molar-refractivity contribution in [2.75, 3.05) is 11.9 Å². The zero-order valence-corrected chi connectivity index (χ0v) is 10.7. The number of amides is 1. The average molecular weight is 282 g/mol. The highest BCUT2D eigenvalue weighted by atomic mass is 32.1. The third-order valence-electron chi connectivity index (χ3n) is 2.04. The number of carboxylic acid groups (broad SMARTS) is 1. The first-order chi connectivity index (χ1) is 9.04. The van der Waals surface area contributed by atoms with Gasteiger partial charge in [-0.25, -0.2) is 4.79 Å². The molecule has 0 aliphatic rings. The summed E-state index contributed by atoms with van der Waals surface area (Å²) >= 11 is 0.974. The molecule has 0 saturated carbocycles. The van der Waals surface area contributed by atoms with Gasteiger partial charge in [0, 0.05) is 6.07 Å². The van der Waals surface area contributed by atoms with E-state index in [1.54, 1.807) is 13.0 Å². The minimum atomic E-state index is -1.03. The molecule has 0 aliphatic heterocycles. The second-order valence-corrected chi connectivity index (χ2v) is 4.67. The largest absolute Gasteiger partial charge is 0.477 e. The Morgan fingerprint density at radius 1 is 1.53 bits per heavy atom. The molecule has 8 heteroatoms. The van der Waals surface area contributed by atoms with Crippen molar-refractivity contribution >= 4 is 28.2 Å². The van der Waals surface area contributed by atoms with Gasteiger partial charge < -0.3 is 19.7 Å².